The molecule has 1 saturated heterocycles. The minimum atomic E-state index is -0.258. The second-order valence-corrected chi connectivity index (χ2v) is 5.93. The molecule has 1 atom stereocenters. The van der Waals surface area contributed by atoms with Crippen molar-refractivity contribution in [3.8, 4) is 0 Å². The van der Waals surface area contributed by atoms with Crippen molar-refractivity contribution in [2.45, 2.75) is 18.6 Å². The molecule has 102 valence electrons. The number of benzene rings is 1. The van der Waals surface area contributed by atoms with Gasteiger partial charge in [0.2, 0.25) is 5.91 Å². The highest BCUT2D eigenvalue weighted by molar-refractivity contribution is 7.99. The molecule has 0 aromatic heterocycles. The predicted molar refractivity (Wildman–Crippen MR) is 77.0 cm³/mol. The SMILES string of the molecule is CC(SCCCN1C(=O)CNC1=O)c1ccccc1. The van der Waals surface area contributed by atoms with Crippen molar-refractivity contribution in [2.24, 2.45) is 0 Å². The zero-order valence-corrected chi connectivity index (χ0v) is 11.8. The number of imide groups is 1. The van der Waals surface area contributed by atoms with Gasteiger partial charge in [0.1, 0.15) is 0 Å². The van der Waals surface area contributed by atoms with Crippen LogP contribution in [0.3, 0.4) is 0 Å². The topological polar surface area (TPSA) is 49.4 Å². The van der Waals surface area contributed by atoms with Crippen molar-refractivity contribution in [3.63, 3.8) is 0 Å². The van der Waals surface area contributed by atoms with Gasteiger partial charge in [0.25, 0.3) is 0 Å². The van der Waals surface area contributed by atoms with Crippen LogP contribution in [0.15, 0.2) is 30.3 Å². The van der Waals surface area contributed by atoms with Crippen molar-refractivity contribution in [2.75, 3.05) is 18.8 Å². The zero-order valence-electron chi connectivity index (χ0n) is 11.0. The molecule has 1 aromatic rings. The number of hydrogen-bond acceptors (Lipinski definition) is 3. The minimum absolute atomic E-state index is 0.119. The van der Waals surface area contributed by atoms with Gasteiger partial charge in [-0.2, -0.15) is 11.8 Å². The van der Waals surface area contributed by atoms with Crippen molar-refractivity contribution in [1.29, 1.82) is 0 Å². The van der Waals surface area contributed by atoms with E-state index in [4.69, 9.17) is 0 Å². The molecule has 0 radical (unpaired) electrons. The Morgan fingerprint density at radius 1 is 1.32 bits per heavy atom. The third-order valence-electron chi connectivity index (χ3n) is 3.10. The summed E-state index contributed by atoms with van der Waals surface area (Å²) in [6, 6.07) is 10.1. The lowest BCUT2D eigenvalue weighted by atomic mass is 10.2. The van der Waals surface area contributed by atoms with E-state index in [1.165, 1.54) is 10.5 Å². The van der Waals surface area contributed by atoms with Crippen LogP contribution in [0.5, 0.6) is 0 Å². The van der Waals surface area contributed by atoms with Gasteiger partial charge in [-0.1, -0.05) is 30.3 Å². The maximum absolute atomic E-state index is 11.4. The molecule has 19 heavy (non-hydrogen) atoms. The second kappa shape index (κ2) is 6.61. The van der Waals surface area contributed by atoms with Gasteiger partial charge in [0.05, 0.1) is 6.54 Å². The highest BCUT2D eigenvalue weighted by Gasteiger charge is 2.27. The smallest absolute Gasteiger partial charge is 0.324 e. The van der Waals surface area contributed by atoms with Crippen molar-refractivity contribution < 1.29 is 9.59 Å². The fourth-order valence-electron chi connectivity index (χ4n) is 1.98. The summed E-state index contributed by atoms with van der Waals surface area (Å²) in [6.07, 6.45) is 0.834. The first kappa shape index (κ1) is 13.9. The molecule has 1 aromatic carbocycles. The highest BCUT2D eigenvalue weighted by Crippen LogP contribution is 2.28. The van der Waals surface area contributed by atoms with Crippen LogP contribution in [-0.2, 0) is 4.79 Å². The van der Waals surface area contributed by atoms with Crippen LogP contribution < -0.4 is 5.32 Å². The lowest BCUT2D eigenvalue weighted by molar-refractivity contribution is -0.124. The number of carbonyl (C=O) groups is 2. The van der Waals surface area contributed by atoms with Gasteiger partial charge in [0.15, 0.2) is 0 Å². The van der Waals surface area contributed by atoms with Crippen LogP contribution >= 0.6 is 11.8 Å². The zero-order chi connectivity index (χ0) is 13.7. The Labute approximate surface area is 117 Å². The molecule has 0 bridgehead atoms. The van der Waals surface area contributed by atoms with E-state index in [1.807, 2.05) is 30.0 Å². The lowest BCUT2D eigenvalue weighted by Gasteiger charge is -2.14. The molecular weight excluding hydrogens is 260 g/mol. The van der Waals surface area contributed by atoms with E-state index in [9.17, 15) is 9.59 Å². The first-order valence-electron chi connectivity index (χ1n) is 6.43. The maximum Gasteiger partial charge on any atom is 0.324 e. The summed E-state index contributed by atoms with van der Waals surface area (Å²) < 4.78 is 0. The van der Waals surface area contributed by atoms with Gasteiger partial charge in [-0.05, 0) is 24.7 Å². The first-order valence-corrected chi connectivity index (χ1v) is 7.48. The van der Waals surface area contributed by atoms with Crippen LogP contribution in [0.1, 0.15) is 24.2 Å². The van der Waals surface area contributed by atoms with Gasteiger partial charge in [-0.25, -0.2) is 4.79 Å². The minimum Gasteiger partial charge on any atom is -0.329 e. The summed E-state index contributed by atoms with van der Waals surface area (Å²) >= 11 is 1.85. The van der Waals surface area contributed by atoms with Gasteiger partial charge in [0, 0.05) is 11.8 Å². The van der Waals surface area contributed by atoms with Gasteiger partial charge < -0.3 is 5.32 Å². The maximum atomic E-state index is 11.4. The summed E-state index contributed by atoms with van der Waals surface area (Å²) in [5.41, 5.74) is 1.31. The van der Waals surface area contributed by atoms with E-state index in [2.05, 4.69) is 24.4 Å². The molecule has 0 aliphatic carbocycles. The molecule has 2 rings (SSSR count). The van der Waals surface area contributed by atoms with Crippen LogP contribution in [0, 0.1) is 0 Å². The number of hydrogen-bond donors (Lipinski definition) is 1. The van der Waals surface area contributed by atoms with Crippen molar-refractivity contribution in [3.05, 3.63) is 35.9 Å². The molecule has 1 heterocycles. The van der Waals surface area contributed by atoms with E-state index in [1.54, 1.807) is 0 Å². The molecule has 1 N–H and O–H groups in total. The summed E-state index contributed by atoms with van der Waals surface area (Å²) in [7, 11) is 0. The average molecular weight is 278 g/mol. The van der Waals surface area contributed by atoms with Crippen LogP contribution in [0.25, 0.3) is 0 Å². The van der Waals surface area contributed by atoms with Crippen LogP contribution in [0.4, 0.5) is 4.79 Å². The largest absolute Gasteiger partial charge is 0.329 e. The first-order chi connectivity index (χ1) is 9.18. The molecule has 0 saturated carbocycles. The summed E-state index contributed by atoms with van der Waals surface area (Å²) in [6.45, 7) is 2.83. The number of carbonyl (C=O) groups excluding carboxylic acids is 2. The average Bonchev–Trinajstić information content (AvgIpc) is 2.75. The Kier molecular flexibility index (Phi) is 4.85. The number of amides is 3. The Balaban J connectivity index is 1.70. The standard InChI is InChI=1S/C14H18N2O2S/c1-11(12-6-3-2-4-7-12)19-9-5-8-16-13(17)10-15-14(16)18/h2-4,6-7,11H,5,8-10H2,1H3,(H,15,18). The number of nitrogens with zero attached hydrogens (tertiary/aromatic N) is 1. The highest BCUT2D eigenvalue weighted by atomic mass is 32.2. The van der Waals surface area contributed by atoms with Crippen LogP contribution in [-0.4, -0.2) is 35.7 Å². The summed E-state index contributed by atoms with van der Waals surface area (Å²) in [5.74, 6) is 0.818. The van der Waals surface area contributed by atoms with E-state index >= 15 is 0 Å². The normalized spacial score (nSPS) is 16.6. The molecule has 4 nitrogen and oxygen atoms in total. The van der Waals surface area contributed by atoms with E-state index in [0.717, 1.165) is 12.2 Å². The van der Waals surface area contributed by atoms with E-state index in [-0.39, 0.29) is 18.5 Å². The second-order valence-electron chi connectivity index (χ2n) is 4.48. The quantitative estimate of drug-likeness (QED) is 0.642. The molecule has 1 unspecified atom stereocenters. The van der Waals surface area contributed by atoms with E-state index in [0.29, 0.717) is 11.8 Å². The molecule has 1 aliphatic heterocycles. The van der Waals surface area contributed by atoms with Gasteiger partial charge >= 0.3 is 6.03 Å². The Bertz CT molecular complexity index is 434. The van der Waals surface area contributed by atoms with Gasteiger partial charge in [-0.15, -0.1) is 0 Å². The van der Waals surface area contributed by atoms with Crippen molar-refractivity contribution in [1.82, 2.24) is 10.2 Å². The molecular formula is C14H18N2O2S. The fourth-order valence-corrected chi connectivity index (χ4v) is 2.98. The lowest BCUT2D eigenvalue weighted by Crippen LogP contribution is -2.32. The van der Waals surface area contributed by atoms with Gasteiger partial charge in [-0.3, -0.25) is 9.69 Å². The number of urea groups is 1. The molecule has 1 aliphatic rings. The molecule has 3 amide bonds. The Morgan fingerprint density at radius 3 is 2.68 bits per heavy atom. The Hall–Kier alpha value is -1.49. The molecule has 0 spiro atoms. The van der Waals surface area contributed by atoms with E-state index < -0.39 is 0 Å². The predicted octanol–water partition coefficient (Wildman–Crippen LogP) is 2.42. The monoisotopic (exact) mass is 278 g/mol. The number of rotatable bonds is 6. The Morgan fingerprint density at radius 2 is 2.05 bits per heavy atom. The summed E-state index contributed by atoms with van der Waals surface area (Å²) in [5, 5.41) is 2.96. The van der Waals surface area contributed by atoms with Crippen molar-refractivity contribution >= 4 is 23.7 Å². The molecule has 5 heteroatoms. The number of nitrogens with one attached hydrogen (secondary N) is 1. The fraction of sp³-hybridized carbons (Fsp3) is 0.429. The van der Waals surface area contributed by atoms with Crippen LogP contribution in [0.2, 0.25) is 0 Å². The summed E-state index contributed by atoms with van der Waals surface area (Å²) in [4.78, 5) is 24.0. The third-order valence-corrected chi connectivity index (χ3v) is 4.40. The molecule has 1 fully saturated rings. The third kappa shape index (κ3) is 3.73. The number of thioether (sulfide) groups is 1.